The van der Waals surface area contributed by atoms with E-state index in [2.05, 4.69) is 0 Å². The van der Waals surface area contributed by atoms with Crippen LogP contribution in [0.4, 0.5) is 10.1 Å². The lowest BCUT2D eigenvalue weighted by Gasteiger charge is -2.20. The molecule has 1 saturated carbocycles. The second-order valence-corrected chi connectivity index (χ2v) is 6.45. The third-order valence-corrected chi connectivity index (χ3v) is 4.52. The van der Waals surface area contributed by atoms with E-state index in [1.54, 1.807) is 11.5 Å². The standard InChI is InChI=1S/C16H17ClFN3O4/c1-6(4-19)25-15-10(17)13-9(12(20)11(15)18)14(22)8(16(23)24)5-21(13)7-2-3-7/h5-7H,2-4,19-20H2,1H3,(H,23,24). The van der Waals surface area contributed by atoms with Gasteiger partial charge in [0.25, 0.3) is 0 Å². The van der Waals surface area contributed by atoms with Crippen LogP contribution in [0, 0.1) is 5.82 Å². The van der Waals surface area contributed by atoms with Crippen LogP contribution >= 0.6 is 11.6 Å². The van der Waals surface area contributed by atoms with Crippen molar-refractivity contribution in [3.05, 3.63) is 32.8 Å². The second kappa shape index (κ2) is 6.20. The van der Waals surface area contributed by atoms with E-state index in [9.17, 15) is 19.1 Å². The van der Waals surface area contributed by atoms with E-state index in [0.717, 1.165) is 12.8 Å². The summed E-state index contributed by atoms with van der Waals surface area (Å²) in [4.78, 5) is 23.9. The van der Waals surface area contributed by atoms with Crippen LogP contribution in [0.1, 0.15) is 36.2 Å². The maximum Gasteiger partial charge on any atom is 0.341 e. The summed E-state index contributed by atoms with van der Waals surface area (Å²) < 4.78 is 21.7. The fraction of sp³-hybridized carbons (Fsp3) is 0.375. The van der Waals surface area contributed by atoms with Crippen molar-refractivity contribution >= 4 is 34.2 Å². The molecular weight excluding hydrogens is 353 g/mol. The highest BCUT2D eigenvalue weighted by Gasteiger charge is 2.31. The first-order valence-electron chi connectivity index (χ1n) is 7.73. The predicted molar refractivity (Wildman–Crippen MR) is 92.0 cm³/mol. The first kappa shape index (κ1) is 17.5. The number of carbonyl (C=O) groups is 1. The number of rotatable bonds is 5. The number of aromatic carboxylic acids is 1. The zero-order valence-electron chi connectivity index (χ0n) is 13.4. The van der Waals surface area contributed by atoms with Gasteiger partial charge >= 0.3 is 5.97 Å². The van der Waals surface area contributed by atoms with Gasteiger partial charge in [-0.25, -0.2) is 9.18 Å². The molecular formula is C16H17ClFN3O4. The van der Waals surface area contributed by atoms with Gasteiger partial charge in [-0.05, 0) is 19.8 Å². The number of fused-ring (bicyclic) bond motifs is 1. The van der Waals surface area contributed by atoms with Gasteiger partial charge in [-0.1, -0.05) is 11.6 Å². The zero-order valence-corrected chi connectivity index (χ0v) is 14.1. The number of nitrogens with two attached hydrogens (primary N) is 2. The fourth-order valence-electron chi connectivity index (χ4n) is 2.69. The van der Waals surface area contributed by atoms with E-state index in [1.807, 2.05) is 0 Å². The van der Waals surface area contributed by atoms with Crippen molar-refractivity contribution in [2.75, 3.05) is 12.3 Å². The number of pyridine rings is 1. The fourth-order valence-corrected chi connectivity index (χ4v) is 3.01. The summed E-state index contributed by atoms with van der Waals surface area (Å²) in [6.07, 6.45) is 2.28. The molecule has 9 heteroatoms. The number of anilines is 1. The molecule has 0 saturated heterocycles. The van der Waals surface area contributed by atoms with E-state index in [0.29, 0.717) is 0 Å². The summed E-state index contributed by atoms with van der Waals surface area (Å²) in [5.41, 5.74) is 9.64. The molecule has 1 aliphatic carbocycles. The van der Waals surface area contributed by atoms with Crippen LogP contribution in [0.3, 0.4) is 0 Å². The highest BCUT2D eigenvalue weighted by Crippen LogP contribution is 2.44. The Morgan fingerprint density at radius 1 is 1.56 bits per heavy atom. The van der Waals surface area contributed by atoms with Gasteiger partial charge in [0.05, 0.1) is 16.6 Å². The third kappa shape index (κ3) is 2.81. The molecule has 1 heterocycles. The first-order chi connectivity index (χ1) is 11.8. The number of halogens is 2. The number of aromatic nitrogens is 1. The van der Waals surface area contributed by atoms with Gasteiger partial charge in [-0.15, -0.1) is 0 Å². The smallest absolute Gasteiger partial charge is 0.341 e. The van der Waals surface area contributed by atoms with Crippen molar-refractivity contribution in [1.82, 2.24) is 4.57 Å². The number of nitrogen functional groups attached to an aromatic ring is 1. The van der Waals surface area contributed by atoms with Crippen LogP contribution in [0.25, 0.3) is 10.9 Å². The molecule has 134 valence electrons. The Labute approximate surface area is 146 Å². The highest BCUT2D eigenvalue weighted by atomic mass is 35.5. The van der Waals surface area contributed by atoms with Crippen LogP contribution in [0.15, 0.2) is 11.0 Å². The van der Waals surface area contributed by atoms with Crippen molar-refractivity contribution < 1.29 is 19.0 Å². The number of carboxylic acid groups (broad SMARTS) is 1. The summed E-state index contributed by atoms with van der Waals surface area (Å²) in [6.45, 7) is 1.76. The number of benzene rings is 1. The van der Waals surface area contributed by atoms with Gasteiger partial charge in [-0.3, -0.25) is 4.79 Å². The molecule has 7 nitrogen and oxygen atoms in total. The maximum absolute atomic E-state index is 14.7. The van der Waals surface area contributed by atoms with Crippen LogP contribution in [-0.4, -0.2) is 28.3 Å². The van der Waals surface area contributed by atoms with Crippen LogP contribution in [0.5, 0.6) is 5.75 Å². The maximum atomic E-state index is 14.7. The van der Waals surface area contributed by atoms with Gasteiger partial charge in [0.1, 0.15) is 16.7 Å². The van der Waals surface area contributed by atoms with E-state index < -0.39 is 34.6 Å². The topological polar surface area (TPSA) is 121 Å². The van der Waals surface area contributed by atoms with E-state index in [-0.39, 0.29) is 34.3 Å². The Morgan fingerprint density at radius 3 is 2.72 bits per heavy atom. The van der Waals surface area contributed by atoms with Gasteiger partial charge in [0.2, 0.25) is 5.43 Å². The molecule has 1 fully saturated rings. The molecule has 0 amide bonds. The number of hydrogen-bond acceptors (Lipinski definition) is 5. The first-order valence-corrected chi connectivity index (χ1v) is 8.11. The average Bonchev–Trinajstić information content (AvgIpc) is 3.40. The molecule has 0 radical (unpaired) electrons. The minimum absolute atomic E-state index is 0.0247. The molecule has 25 heavy (non-hydrogen) atoms. The molecule has 1 aromatic heterocycles. The minimum Gasteiger partial charge on any atom is -0.485 e. The Kier molecular flexibility index (Phi) is 4.34. The summed E-state index contributed by atoms with van der Waals surface area (Å²) in [7, 11) is 0. The van der Waals surface area contributed by atoms with Gasteiger partial charge < -0.3 is 25.9 Å². The Hall–Kier alpha value is -2.32. The molecule has 0 spiro atoms. The molecule has 1 aliphatic rings. The monoisotopic (exact) mass is 369 g/mol. The van der Waals surface area contributed by atoms with Crippen molar-refractivity contribution in [3.8, 4) is 5.75 Å². The second-order valence-electron chi connectivity index (χ2n) is 6.07. The molecule has 0 aliphatic heterocycles. The number of hydrogen-bond donors (Lipinski definition) is 3. The molecule has 1 unspecified atom stereocenters. The summed E-state index contributed by atoms with van der Waals surface area (Å²) in [5, 5.41) is 8.90. The predicted octanol–water partition coefficient (Wildman–Crippen LogP) is 2.14. The van der Waals surface area contributed by atoms with Crippen LogP contribution < -0.4 is 21.6 Å². The number of ether oxygens (including phenoxy) is 1. The van der Waals surface area contributed by atoms with Crippen molar-refractivity contribution in [3.63, 3.8) is 0 Å². The molecule has 0 bridgehead atoms. The van der Waals surface area contributed by atoms with Crippen molar-refractivity contribution in [2.45, 2.75) is 31.9 Å². The summed E-state index contributed by atoms with van der Waals surface area (Å²) >= 11 is 6.33. The zero-order chi connectivity index (χ0) is 18.5. The SMILES string of the molecule is CC(CN)Oc1c(F)c(N)c2c(=O)c(C(=O)O)cn(C3CC3)c2c1Cl. The third-order valence-electron chi connectivity index (χ3n) is 4.17. The quantitative estimate of drug-likeness (QED) is 0.694. The minimum atomic E-state index is -1.41. The Bertz CT molecular complexity index is 940. The molecule has 5 N–H and O–H groups in total. The Balaban J connectivity index is 2.43. The molecule has 3 rings (SSSR count). The van der Waals surface area contributed by atoms with Gasteiger partial charge in [0.15, 0.2) is 11.6 Å². The van der Waals surface area contributed by atoms with Crippen molar-refractivity contribution in [2.24, 2.45) is 5.73 Å². The molecule has 2 aromatic rings. The normalized spacial score (nSPS) is 15.4. The average molecular weight is 370 g/mol. The molecule has 1 atom stereocenters. The lowest BCUT2D eigenvalue weighted by atomic mass is 10.1. The van der Waals surface area contributed by atoms with Gasteiger partial charge in [-0.2, -0.15) is 0 Å². The van der Waals surface area contributed by atoms with Gasteiger partial charge in [0, 0.05) is 18.8 Å². The number of carboxylic acids is 1. The van der Waals surface area contributed by atoms with Crippen LogP contribution in [0.2, 0.25) is 5.02 Å². The highest BCUT2D eigenvalue weighted by molar-refractivity contribution is 6.37. The van der Waals surface area contributed by atoms with E-state index in [1.165, 1.54) is 6.20 Å². The lowest BCUT2D eigenvalue weighted by molar-refractivity contribution is 0.0695. The van der Waals surface area contributed by atoms with E-state index in [4.69, 9.17) is 27.8 Å². The summed E-state index contributed by atoms with van der Waals surface area (Å²) in [6, 6.07) is -0.0247. The molecule has 1 aromatic carbocycles. The van der Waals surface area contributed by atoms with Crippen molar-refractivity contribution in [1.29, 1.82) is 0 Å². The van der Waals surface area contributed by atoms with E-state index >= 15 is 0 Å². The Morgan fingerprint density at radius 2 is 2.20 bits per heavy atom. The number of nitrogens with zero attached hydrogens (tertiary/aromatic N) is 1. The largest absolute Gasteiger partial charge is 0.485 e. The lowest BCUT2D eigenvalue weighted by Crippen LogP contribution is -2.25. The summed E-state index contributed by atoms with van der Waals surface area (Å²) in [5.74, 6) is -2.70. The van der Waals surface area contributed by atoms with Crippen LogP contribution in [-0.2, 0) is 0 Å².